The summed E-state index contributed by atoms with van der Waals surface area (Å²) >= 11 is 0. The predicted molar refractivity (Wildman–Crippen MR) is 57.3 cm³/mol. The fourth-order valence-corrected chi connectivity index (χ4v) is 1.32. The lowest BCUT2D eigenvalue weighted by atomic mass is 10.1. The molecule has 1 aliphatic heterocycles. The number of rotatable bonds is 2. The van der Waals surface area contributed by atoms with E-state index in [1.165, 1.54) is 0 Å². The summed E-state index contributed by atoms with van der Waals surface area (Å²) in [5.41, 5.74) is 0. The molecule has 0 aromatic heterocycles. The number of amides is 2. The molecule has 0 bridgehead atoms. The maximum atomic E-state index is 11.7. The van der Waals surface area contributed by atoms with Crippen molar-refractivity contribution in [3.8, 4) is 0 Å². The van der Waals surface area contributed by atoms with Crippen molar-refractivity contribution in [2.75, 3.05) is 26.2 Å². The molecule has 2 N–H and O–H groups in total. The molecule has 0 spiro atoms. The van der Waals surface area contributed by atoms with Crippen LogP contribution in [0.5, 0.6) is 0 Å². The summed E-state index contributed by atoms with van der Waals surface area (Å²) in [7, 11) is 0. The third-order valence-electron chi connectivity index (χ3n) is 2.76. The van der Waals surface area contributed by atoms with Gasteiger partial charge >= 0.3 is 6.03 Å². The van der Waals surface area contributed by atoms with Gasteiger partial charge in [-0.2, -0.15) is 0 Å². The molecule has 0 aromatic carbocycles. The van der Waals surface area contributed by atoms with E-state index in [9.17, 15) is 4.79 Å². The smallest absolute Gasteiger partial charge is 0.317 e. The highest BCUT2D eigenvalue weighted by atomic mass is 16.2. The van der Waals surface area contributed by atoms with Gasteiger partial charge in [0.1, 0.15) is 0 Å². The molecule has 1 atom stereocenters. The summed E-state index contributed by atoms with van der Waals surface area (Å²) in [6, 6.07) is 0.324. The monoisotopic (exact) mass is 199 g/mol. The number of hydrogen-bond donors (Lipinski definition) is 2. The summed E-state index contributed by atoms with van der Waals surface area (Å²) < 4.78 is 0. The van der Waals surface area contributed by atoms with Gasteiger partial charge in [-0.1, -0.05) is 13.8 Å². The van der Waals surface area contributed by atoms with Crippen LogP contribution in [0, 0.1) is 5.92 Å². The Morgan fingerprint density at radius 2 is 1.86 bits per heavy atom. The molecule has 4 heteroatoms. The van der Waals surface area contributed by atoms with E-state index in [0.717, 1.165) is 26.2 Å². The van der Waals surface area contributed by atoms with Crippen LogP contribution >= 0.6 is 0 Å². The molecular weight excluding hydrogens is 178 g/mol. The molecule has 1 aliphatic rings. The highest BCUT2D eigenvalue weighted by Gasteiger charge is 2.18. The topological polar surface area (TPSA) is 44.4 Å². The minimum Gasteiger partial charge on any atom is -0.335 e. The van der Waals surface area contributed by atoms with E-state index < -0.39 is 0 Å². The summed E-state index contributed by atoms with van der Waals surface area (Å²) in [5, 5.41) is 6.23. The van der Waals surface area contributed by atoms with Crippen LogP contribution in [0.2, 0.25) is 0 Å². The molecule has 0 saturated carbocycles. The van der Waals surface area contributed by atoms with Gasteiger partial charge in [-0.15, -0.1) is 0 Å². The zero-order valence-electron chi connectivity index (χ0n) is 9.34. The first kappa shape index (κ1) is 11.3. The van der Waals surface area contributed by atoms with Gasteiger partial charge in [-0.05, 0) is 12.8 Å². The van der Waals surface area contributed by atoms with Crippen molar-refractivity contribution in [1.29, 1.82) is 0 Å². The molecule has 1 rings (SSSR count). The van der Waals surface area contributed by atoms with E-state index in [2.05, 4.69) is 24.5 Å². The van der Waals surface area contributed by atoms with Crippen molar-refractivity contribution in [2.24, 2.45) is 5.92 Å². The fourth-order valence-electron chi connectivity index (χ4n) is 1.32. The number of nitrogens with zero attached hydrogens (tertiary/aromatic N) is 1. The minimum absolute atomic E-state index is 0.0766. The zero-order chi connectivity index (χ0) is 10.6. The highest BCUT2D eigenvalue weighted by molar-refractivity contribution is 5.74. The predicted octanol–water partition coefficient (Wildman–Crippen LogP) is 0.646. The second-order valence-corrected chi connectivity index (χ2v) is 4.22. The van der Waals surface area contributed by atoms with Crippen molar-refractivity contribution in [1.82, 2.24) is 15.5 Å². The third-order valence-corrected chi connectivity index (χ3v) is 2.76. The number of urea groups is 1. The van der Waals surface area contributed by atoms with Crippen LogP contribution in [0.4, 0.5) is 4.79 Å². The molecule has 0 aromatic rings. The van der Waals surface area contributed by atoms with Gasteiger partial charge in [0.2, 0.25) is 0 Å². The number of carbonyl (C=O) groups is 1. The SMILES string of the molecule is CC(C)[C@@H](C)NC(=O)N1CCNCC1. The van der Waals surface area contributed by atoms with Gasteiger partial charge in [-0.25, -0.2) is 4.79 Å². The third kappa shape index (κ3) is 3.18. The van der Waals surface area contributed by atoms with E-state index in [1.54, 1.807) is 0 Å². The molecule has 0 unspecified atom stereocenters. The van der Waals surface area contributed by atoms with Gasteiger partial charge in [0.15, 0.2) is 0 Å². The molecular formula is C10H21N3O. The Bertz CT molecular complexity index is 188. The Balaban J connectivity index is 2.33. The standard InChI is InChI=1S/C10H21N3O/c1-8(2)9(3)12-10(14)13-6-4-11-5-7-13/h8-9,11H,4-7H2,1-3H3,(H,12,14)/t9-/m1/s1. The Hall–Kier alpha value is -0.770. The Morgan fingerprint density at radius 1 is 1.29 bits per heavy atom. The van der Waals surface area contributed by atoms with E-state index >= 15 is 0 Å². The second kappa shape index (κ2) is 5.20. The first-order valence-corrected chi connectivity index (χ1v) is 5.37. The van der Waals surface area contributed by atoms with Crippen molar-refractivity contribution < 1.29 is 4.79 Å². The lowest BCUT2D eigenvalue weighted by Crippen LogP contribution is -2.52. The molecule has 4 nitrogen and oxygen atoms in total. The van der Waals surface area contributed by atoms with E-state index in [1.807, 2.05) is 11.8 Å². The largest absolute Gasteiger partial charge is 0.335 e. The average molecular weight is 199 g/mol. The number of nitrogens with one attached hydrogen (secondary N) is 2. The molecule has 1 fully saturated rings. The van der Waals surface area contributed by atoms with Gasteiger partial charge in [-0.3, -0.25) is 0 Å². The second-order valence-electron chi connectivity index (χ2n) is 4.22. The average Bonchev–Trinajstić information content (AvgIpc) is 2.19. The van der Waals surface area contributed by atoms with Crippen LogP contribution in [0.25, 0.3) is 0 Å². The summed E-state index contributed by atoms with van der Waals surface area (Å²) in [6.07, 6.45) is 0. The lowest BCUT2D eigenvalue weighted by Gasteiger charge is -2.29. The van der Waals surface area contributed by atoms with E-state index in [4.69, 9.17) is 0 Å². The van der Waals surface area contributed by atoms with Crippen molar-refractivity contribution in [3.05, 3.63) is 0 Å². The molecule has 1 saturated heterocycles. The lowest BCUT2D eigenvalue weighted by molar-refractivity contribution is 0.184. The first-order valence-electron chi connectivity index (χ1n) is 5.37. The van der Waals surface area contributed by atoms with Crippen LogP contribution in [-0.2, 0) is 0 Å². The molecule has 0 aliphatic carbocycles. The van der Waals surface area contributed by atoms with Gasteiger partial charge in [0, 0.05) is 32.2 Å². The highest BCUT2D eigenvalue weighted by Crippen LogP contribution is 2.01. The number of carbonyl (C=O) groups excluding carboxylic acids is 1. The normalized spacial score (nSPS) is 19.6. The molecule has 0 radical (unpaired) electrons. The Labute approximate surface area is 86.0 Å². The van der Waals surface area contributed by atoms with Crippen LogP contribution in [-0.4, -0.2) is 43.2 Å². The zero-order valence-corrected chi connectivity index (χ0v) is 9.34. The molecule has 2 amide bonds. The molecule has 82 valence electrons. The summed E-state index contributed by atoms with van der Waals surface area (Å²) in [6.45, 7) is 9.72. The summed E-state index contributed by atoms with van der Waals surface area (Å²) in [4.78, 5) is 13.6. The number of piperazine rings is 1. The van der Waals surface area contributed by atoms with E-state index in [0.29, 0.717) is 5.92 Å². The number of hydrogen-bond acceptors (Lipinski definition) is 2. The van der Waals surface area contributed by atoms with Gasteiger partial charge in [0.25, 0.3) is 0 Å². The van der Waals surface area contributed by atoms with Crippen molar-refractivity contribution >= 4 is 6.03 Å². The van der Waals surface area contributed by atoms with Gasteiger partial charge in [0.05, 0.1) is 0 Å². The molecule has 14 heavy (non-hydrogen) atoms. The Kier molecular flexibility index (Phi) is 4.20. The summed E-state index contributed by atoms with van der Waals surface area (Å²) in [5.74, 6) is 0.488. The maximum absolute atomic E-state index is 11.7. The first-order chi connectivity index (χ1) is 6.61. The van der Waals surface area contributed by atoms with E-state index in [-0.39, 0.29) is 12.1 Å². The fraction of sp³-hybridized carbons (Fsp3) is 0.900. The van der Waals surface area contributed by atoms with Gasteiger partial charge < -0.3 is 15.5 Å². The van der Waals surface area contributed by atoms with Crippen LogP contribution < -0.4 is 10.6 Å². The van der Waals surface area contributed by atoms with Crippen molar-refractivity contribution in [3.63, 3.8) is 0 Å². The minimum atomic E-state index is 0.0766. The quantitative estimate of drug-likeness (QED) is 0.685. The van der Waals surface area contributed by atoms with Crippen LogP contribution in [0.1, 0.15) is 20.8 Å². The van der Waals surface area contributed by atoms with Crippen molar-refractivity contribution in [2.45, 2.75) is 26.8 Å². The Morgan fingerprint density at radius 3 is 2.36 bits per heavy atom. The van der Waals surface area contributed by atoms with Crippen LogP contribution in [0.15, 0.2) is 0 Å². The maximum Gasteiger partial charge on any atom is 0.317 e. The van der Waals surface area contributed by atoms with Crippen LogP contribution in [0.3, 0.4) is 0 Å². The molecule has 1 heterocycles.